The first-order chi connectivity index (χ1) is 11.1. The average Bonchev–Trinajstić information content (AvgIpc) is 3.18. The van der Waals surface area contributed by atoms with Crippen LogP contribution in [0, 0.1) is 5.92 Å². The molecule has 5 nitrogen and oxygen atoms in total. The number of hydrogen-bond donors (Lipinski definition) is 0. The molecule has 0 aliphatic carbocycles. The van der Waals surface area contributed by atoms with Gasteiger partial charge in [-0.15, -0.1) is 0 Å². The van der Waals surface area contributed by atoms with Crippen LogP contribution in [0.5, 0.6) is 0 Å². The summed E-state index contributed by atoms with van der Waals surface area (Å²) in [7, 11) is 1.80. The highest BCUT2D eigenvalue weighted by atomic mass is 32.1. The molecule has 0 N–H and O–H groups in total. The van der Waals surface area contributed by atoms with Crippen molar-refractivity contribution in [3.63, 3.8) is 0 Å². The van der Waals surface area contributed by atoms with E-state index in [0.29, 0.717) is 26.1 Å². The van der Waals surface area contributed by atoms with Gasteiger partial charge < -0.3 is 9.80 Å². The molecule has 1 unspecified atom stereocenters. The first kappa shape index (κ1) is 15.7. The Morgan fingerprint density at radius 1 is 1.43 bits per heavy atom. The molecule has 1 aliphatic rings. The molecular formula is C17H19N3O2S. The van der Waals surface area contributed by atoms with E-state index in [4.69, 9.17) is 0 Å². The van der Waals surface area contributed by atoms with E-state index < -0.39 is 0 Å². The summed E-state index contributed by atoms with van der Waals surface area (Å²) in [5.41, 5.74) is 1.97. The number of pyridine rings is 1. The molecule has 0 spiro atoms. The zero-order chi connectivity index (χ0) is 16.2. The summed E-state index contributed by atoms with van der Waals surface area (Å²) in [5.74, 6) is -0.194. The van der Waals surface area contributed by atoms with Gasteiger partial charge in [0.25, 0.3) is 0 Å². The number of likely N-dealkylation sites (tertiary alicyclic amines) is 1. The molecule has 2 aromatic heterocycles. The van der Waals surface area contributed by atoms with Crippen LogP contribution >= 0.6 is 11.3 Å². The predicted octanol–water partition coefficient (Wildman–Crippen LogP) is 2.15. The van der Waals surface area contributed by atoms with Gasteiger partial charge in [0.05, 0.1) is 18.2 Å². The fourth-order valence-electron chi connectivity index (χ4n) is 2.82. The zero-order valence-corrected chi connectivity index (χ0v) is 13.8. The van der Waals surface area contributed by atoms with E-state index in [1.54, 1.807) is 34.4 Å². The summed E-state index contributed by atoms with van der Waals surface area (Å²) >= 11 is 1.62. The van der Waals surface area contributed by atoms with Gasteiger partial charge in [0, 0.05) is 32.8 Å². The third-order valence-corrected chi connectivity index (χ3v) is 4.75. The minimum Gasteiger partial charge on any atom is -0.341 e. The molecule has 0 bridgehead atoms. The number of amides is 2. The maximum Gasteiger partial charge on any atom is 0.228 e. The van der Waals surface area contributed by atoms with Crippen LogP contribution < -0.4 is 0 Å². The molecule has 2 amide bonds. The average molecular weight is 329 g/mol. The van der Waals surface area contributed by atoms with Gasteiger partial charge in [0.1, 0.15) is 0 Å². The first-order valence-corrected chi connectivity index (χ1v) is 8.51. The van der Waals surface area contributed by atoms with Crippen molar-refractivity contribution in [2.24, 2.45) is 5.92 Å². The number of thiophene rings is 1. The van der Waals surface area contributed by atoms with E-state index in [9.17, 15) is 9.59 Å². The molecule has 1 atom stereocenters. The van der Waals surface area contributed by atoms with Crippen molar-refractivity contribution in [3.05, 3.63) is 52.5 Å². The second kappa shape index (κ2) is 6.91. The Bertz CT molecular complexity index is 672. The Morgan fingerprint density at radius 2 is 2.30 bits per heavy atom. The van der Waals surface area contributed by atoms with Crippen molar-refractivity contribution in [1.29, 1.82) is 0 Å². The highest BCUT2D eigenvalue weighted by Crippen LogP contribution is 2.22. The van der Waals surface area contributed by atoms with Crippen LogP contribution in [0.25, 0.3) is 0 Å². The van der Waals surface area contributed by atoms with Gasteiger partial charge in [0.15, 0.2) is 0 Å². The van der Waals surface area contributed by atoms with E-state index in [1.165, 1.54) is 0 Å². The lowest BCUT2D eigenvalue weighted by atomic mass is 10.1. The third kappa shape index (κ3) is 3.76. The number of rotatable bonds is 5. The molecule has 0 aromatic carbocycles. The molecule has 1 aliphatic heterocycles. The second-order valence-corrected chi connectivity index (χ2v) is 6.60. The van der Waals surface area contributed by atoms with Crippen LogP contribution in [0.1, 0.15) is 17.7 Å². The van der Waals surface area contributed by atoms with Gasteiger partial charge >= 0.3 is 0 Å². The minimum atomic E-state index is -0.255. The summed E-state index contributed by atoms with van der Waals surface area (Å²) in [6.45, 7) is 1.53. The first-order valence-electron chi connectivity index (χ1n) is 7.57. The maximum absolute atomic E-state index is 12.5. The van der Waals surface area contributed by atoms with Gasteiger partial charge in [-0.05, 0) is 34.5 Å². The van der Waals surface area contributed by atoms with Gasteiger partial charge in [-0.3, -0.25) is 14.6 Å². The summed E-state index contributed by atoms with van der Waals surface area (Å²) in [6.07, 6.45) is 2.01. The Kier molecular flexibility index (Phi) is 4.71. The predicted molar refractivity (Wildman–Crippen MR) is 88.6 cm³/mol. The number of carbonyl (C=O) groups is 2. The van der Waals surface area contributed by atoms with Crippen molar-refractivity contribution in [3.8, 4) is 0 Å². The van der Waals surface area contributed by atoms with Gasteiger partial charge in [0.2, 0.25) is 11.8 Å². The second-order valence-electron chi connectivity index (χ2n) is 5.82. The van der Waals surface area contributed by atoms with E-state index in [-0.39, 0.29) is 17.7 Å². The zero-order valence-electron chi connectivity index (χ0n) is 13.0. The molecule has 1 fully saturated rings. The van der Waals surface area contributed by atoms with Gasteiger partial charge in [-0.25, -0.2) is 0 Å². The largest absolute Gasteiger partial charge is 0.341 e. The molecule has 0 saturated carbocycles. The number of hydrogen-bond acceptors (Lipinski definition) is 4. The third-order valence-electron chi connectivity index (χ3n) is 4.02. The summed E-state index contributed by atoms with van der Waals surface area (Å²) < 4.78 is 0. The monoisotopic (exact) mass is 329 g/mol. The molecule has 120 valence electrons. The Hall–Kier alpha value is -2.21. The summed E-state index contributed by atoms with van der Waals surface area (Å²) in [4.78, 5) is 32.4. The van der Waals surface area contributed by atoms with E-state index >= 15 is 0 Å². The highest BCUT2D eigenvalue weighted by Gasteiger charge is 2.35. The standard InChI is InChI=1S/C17H19N3O2S/c1-19(9-13-5-7-23-12-13)17(22)14-8-16(21)20(10-14)11-15-4-2-3-6-18-15/h2-7,12,14H,8-11H2,1H3. The van der Waals surface area contributed by atoms with Crippen LogP contribution in [0.2, 0.25) is 0 Å². The van der Waals surface area contributed by atoms with Crippen molar-refractivity contribution in [1.82, 2.24) is 14.8 Å². The quantitative estimate of drug-likeness (QED) is 0.844. The molecule has 3 rings (SSSR count). The smallest absolute Gasteiger partial charge is 0.228 e. The lowest BCUT2D eigenvalue weighted by Crippen LogP contribution is -2.34. The Morgan fingerprint density at radius 3 is 3.00 bits per heavy atom. The molecule has 0 radical (unpaired) electrons. The van der Waals surface area contributed by atoms with Gasteiger partial charge in [-0.2, -0.15) is 11.3 Å². The number of aromatic nitrogens is 1. The van der Waals surface area contributed by atoms with Crippen molar-refractivity contribution < 1.29 is 9.59 Å². The molecule has 1 saturated heterocycles. The minimum absolute atomic E-state index is 0.0259. The lowest BCUT2D eigenvalue weighted by Gasteiger charge is -2.21. The number of nitrogens with zero attached hydrogens (tertiary/aromatic N) is 3. The van der Waals surface area contributed by atoms with E-state index in [0.717, 1.165) is 11.3 Å². The summed E-state index contributed by atoms with van der Waals surface area (Å²) in [5, 5.41) is 4.04. The van der Waals surface area contributed by atoms with Gasteiger partial charge in [-0.1, -0.05) is 6.07 Å². The van der Waals surface area contributed by atoms with Crippen LogP contribution in [-0.2, 0) is 22.7 Å². The Labute approximate surface area is 139 Å². The van der Waals surface area contributed by atoms with E-state index in [2.05, 4.69) is 4.98 Å². The van der Waals surface area contributed by atoms with Crippen molar-refractivity contribution in [2.45, 2.75) is 19.5 Å². The van der Waals surface area contributed by atoms with Crippen molar-refractivity contribution >= 4 is 23.2 Å². The molecule has 2 aromatic rings. The normalized spacial score (nSPS) is 17.5. The molecule has 6 heteroatoms. The van der Waals surface area contributed by atoms with E-state index in [1.807, 2.05) is 35.0 Å². The highest BCUT2D eigenvalue weighted by molar-refractivity contribution is 7.07. The molecular weight excluding hydrogens is 310 g/mol. The van der Waals surface area contributed by atoms with Crippen LogP contribution in [0.15, 0.2) is 41.2 Å². The SMILES string of the molecule is CN(Cc1ccsc1)C(=O)C1CC(=O)N(Cc2ccccn2)C1. The maximum atomic E-state index is 12.5. The van der Waals surface area contributed by atoms with Crippen LogP contribution in [0.3, 0.4) is 0 Å². The lowest BCUT2D eigenvalue weighted by molar-refractivity contribution is -0.135. The summed E-state index contributed by atoms with van der Waals surface area (Å²) in [6, 6.07) is 7.66. The van der Waals surface area contributed by atoms with Crippen LogP contribution in [-0.4, -0.2) is 40.2 Å². The Balaban J connectivity index is 1.59. The fourth-order valence-corrected chi connectivity index (χ4v) is 3.48. The number of carbonyl (C=O) groups excluding carboxylic acids is 2. The fraction of sp³-hybridized carbons (Fsp3) is 0.353. The molecule has 3 heterocycles. The molecule has 23 heavy (non-hydrogen) atoms. The topological polar surface area (TPSA) is 53.5 Å². The van der Waals surface area contributed by atoms with Crippen LogP contribution in [0.4, 0.5) is 0 Å². The van der Waals surface area contributed by atoms with Crippen molar-refractivity contribution in [2.75, 3.05) is 13.6 Å².